The third-order valence-electron chi connectivity index (χ3n) is 2.24. The van der Waals surface area contributed by atoms with Crippen LogP contribution < -0.4 is 0 Å². The highest BCUT2D eigenvalue weighted by molar-refractivity contribution is 7.90. The molecule has 0 saturated heterocycles. The van der Waals surface area contributed by atoms with Crippen LogP contribution in [-0.4, -0.2) is 36.9 Å². The number of hydrogen-bond donors (Lipinski definition) is 2. The van der Waals surface area contributed by atoms with Crippen LogP contribution in [0.2, 0.25) is 0 Å². The van der Waals surface area contributed by atoms with Crippen molar-refractivity contribution in [3.8, 4) is 0 Å². The van der Waals surface area contributed by atoms with Crippen molar-refractivity contribution in [2.45, 2.75) is 31.9 Å². The lowest BCUT2D eigenvalue weighted by Crippen LogP contribution is -2.34. The zero-order valence-corrected chi connectivity index (χ0v) is 11.4. The molecule has 0 saturated carbocycles. The van der Waals surface area contributed by atoms with Gasteiger partial charge in [-0.3, -0.25) is 9.11 Å². The molecule has 0 radical (unpaired) electrons. The van der Waals surface area contributed by atoms with Crippen LogP contribution in [0, 0.1) is 5.92 Å². The second-order valence-electron chi connectivity index (χ2n) is 3.88. The van der Waals surface area contributed by atoms with E-state index in [9.17, 15) is 16.8 Å². The molecule has 0 aromatic carbocycles. The number of unbranched alkanes of at least 4 members (excludes halogenated alkanes) is 1. The Morgan fingerprint density at radius 3 is 2.06 bits per heavy atom. The zero-order valence-electron chi connectivity index (χ0n) is 9.77. The van der Waals surface area contributed by atoms with Gasteiger partial charge in [0.1, 0.15) is 5.25 Å². The average Bonchev–Trinajstić information content (AvgIpc) is 2.11. The van der Waals surface area contributed by atoms with Crippen molar-refractivity contribution in [3.63, 3.8) is 0 Å². The molecule has 8 heteroatoms. The lowest BCUT2D eigenvalue weighted by Gasteiger charge is -2.16. The Labute approximate surface area is 102 Å². The molecular formula is C9H18O6S2. The fourth-order valence-electron chi connectivity index (χ4n) is 1.32. The quantitative estimate of drug-likeness (QED) is 0.536. The maximum absolute atomic E-state index is 11.0. The van der Waals surface area contributed by atoms with Crippen LogP contribution in [-0.2, 0) is 20.2 Å². The van der Waals surface area contributed by atoms with Gasteiger partial charge in [-0.25, -0.2) is 0 Å². The van der Waals surface area contributed by atoms with Crippen LogP contribution in [0.4, 0.5) is 0 Å². The van der Waals surface area contributed by atoms with E-state index in [0.717, 1.165) is 12.8 Å². The van der Waals surface area contributed by atoms with Gasteiger partial charge in [-0.05, 0) is 12.3 Å². The highest BCUT2D eigenvalue weighted by Crippen LogP contribution is 2.16. The van der Waals surface area contributed by atoms with E-state index in [-0.39, 0.29) is 0 Å². The Morgan fingerprint density at radius 1 is 1.18 bits per heavy atom. The minimum absolute atomic E-state index is 0.696. The van der Waals surface area contributed by atoms with E-state index < -0.39 is 37.2 Å². The van der Waals surface area contributed by atoms with E-state index in [2.05, 4.69) is 0 Å². The van der Waals surface area contributed by atoms with Gasteiger partial charge in [-0.1, -0.05) is 32.4 Å². The first kappa shape index (κ1) is 16.6. The summed E-state index contributed by atoms with van der Waals surface area (Å²) >= 11 is 0. The molecule has 0 aromatic rings. The van der Waals surface area contributed by atoms with Crippen LogP contribution >= 0.6 is 0 Å². The Bertz CT molecular complexity index is 448. The molecule has 0 aromatic heterocycles. The fraction of sp³-hybridized carbons (Fsp3) is 0.778. The highest BCUT2D eigenvalue weighted by atomic mass is 32.2. The van der Waals surface area contributed by atoms with E-state index in [1.165, 1.54) is 13.0 Å². The summed E-state index contributed by atoms with van der Waals surface area (Å²) in [7, 11) is -8.98. The second-order valence-corrected chi connectivity index (χ2v) is 7.01. The Kier molecular flexibility index (Phi) is 6.31. The Morgan fingerprint density at radius 2 is 1.71 bits per heavy atom. The predicted octanol–water partition coefficient (Wildman–Crippen LogP) is 1.12. The van der Waals surface area contributed by atoms with Crippen molar-refractivity contribution in [3.05, 3.63) is 12.2 Å². The molecule has 0 spiro atoms. The van der Waals surface area contributed by atoms with Crippen LogP contribution in [0.15, 0.2) is 12.2 Å². The van der Waals surface area contributed by atoms with Gasteiger partial charge in [0.25, 0.3) is 20.2 Å². The molecule has 2 N–H and O–H groups in total. The fourth-order valence-corrected chi connectivity index (χ4v) is 3.87. The van der Waals surface area contributed by atoms with Crippen LogP contribution in [0.3, 0.4) is 0 Å². The van der Waals surface area contributed by atoms with Crippen molar-refractivity contribution in [1.82, 2.24) is 0 Å². The van der Waals surface area contributed by atoms with Crippen molar-refractivity contribution in [2.24, 2.45) is 5.92 Å². The zero-order chi connectivity index (χ0) is 13.7. The molecule has 0 aliphatic carbocycles. The normalized spacial score (nSPS) is 17.2. The van der Waals surface area contributed by atoms with Gasteiger partial charge in [0, 0.05) is 0 Å². The first-order chi connectivity index (χ1) is 7.58. The lowest BCUT2D eigenvalue weighted by atomic mass is 10.1. The van der Waals surface area contributed by atoms with Crippen molar-refractivity contribution in [2.75, 3.05) is 5.75 Å². The van der Waals surface area contributed by atoms with Gasteiger partial charge in [-0.15, -0.1) is 0 Å². The minimum atomic E-state index is -4.52. The number of rotatable bonds is 7. The number of allylic oxidation sites excluding steroid dienone is 2. The molecule has 102 valence electrons. The third kappa shape index (κ3) is 7.48. The molecule has 0 heterocycles. The molecule has 0 rings (SSSR count). The smallest absolute Gasteiger partial charge is 0.269 e. The van der Waals surface area contributed by atoms with Gasteiger partial charge < -0.3 is 0 Å². The average molecular weight is 286 g/mol. The molecular weight excluding hydrogens is 268 g/mol. The van der Waals surface area contributed by atoms with E-state index in [1.54, 1.807) is 6.08 Å². The number of hydrogen-bond acceptors (Lipinski definition) is 4. The van der Waals surface area contributed by atoms with Crippen LogP contribution in [0.25, 0.3) is 0 Å². The molecule has 0 bridgehead atoms. The van der Waals surface area contributed by atoms with Gasteiger partial charge in [0.05, 0.1) is 5.75 Å². The van der Waals surface area contributed by atoms with Gasteiger partial charge in [0.15, 0.2) is 0 Å². The van der Waals surface area contributed by atoms with Crippen LogP contribution in [0.1, 0.15) is 26.7 Å². The first-order valence-electron chi connectivity index (χ1n) is 5.16. The molecule has 0 amide bonds. The van der Waals surface area contributed by atoms with Crippen LogP contribution in [0.5, 0.6) is 0 Å². The summed E-state index contributed by atoms with van der Waals surface area (Å²) < 4.78 is 61.0. The van der Waals surface area contributed by atoms with Crippen molar-refractivity contribution >= 4 is 20.2 Å². The topological polar surface area (TPSA) is 109 Å². The summed E-state index contributed by atoms with van der Waals surface area (Å²) in [5.74, 6) is -1.71. The van der Waals surface area contributed by atoms with Gasteiger partial charge in [0.2, 0.25) is 0 Å². The van der Waals surface area contributed by atoms with E-state index in [4.69, 9.17) is 9.11 Å². The molecule has 17 heavy (non-hydrogen) atoms. The van der Waals surface area contributed by atoms with Gasteiger partial charge >= 0.3 is 0 Å². The molecule has 2 atom stereocenters. The molecule has 2 unspecified atom stereocenters. The predicted molar refractivity (Wildman–Crippen MR) is 65.0 cm³/mol. The largest absolute Gasteiger partial charge is 0.286 e. The summed E-state index contributed by atoms with van der Waals surface area (Å²) in [6.45, 7) is 3.41. The Balaban J connectivity index is 4.95. The summed E-state index contributed by atoms with van der Waals surface area (Å²) in [6.07, 6.45) is 4.84. The molecule has 6 nitrogen and oxygen atoms in total. The first-order valence-corrected chi connectivity index (χ1v) is 8.27. The minimum Gasteiger partial charge on any atom is -0.286 e. The van der Waals surface area contributed by atoms with E-state index >= 15 is 0 Å². The van der Waals surface area contributed by atoms with E-state index in [1.807, 2.05) is 6.92 Å². The summed E-state index contributed by atoms with van der Waals surface area (Å²) in [5, 5.41) is -1.55. The summed E-state index contributed by atoms with van der Waals surface area (Å²) in [6, 6.07) is 0. The second kappa shape index (κ2) is 6.48. The molecule has 0 aliphatic heterocycles. The maximum atomic E-state index is 11.0. The maximum Gasteiger partial charge on any atom is 0.269 e. The monoisotopic (exact) mass is 286 g/mol. The molecule has 0 fully saturated rings. The van der Waals surface area contributed by atoms with Crippen molar-refractivity contribution in [1.29, 1.82) is 0 Å². The lowest BCUT2D eigenvalue weighted by molar-refractivity contribution is 0.444. The summed E-state index contributed by atoms with van der Waals surface area (Å²) in [4.78, 5) is 0. The van der Waals surface area contributed by atoms with Gasteiger partial charge in [-0.2, -0.15) is 16.8 Å². The Hall–Kier alpha value is -0.440. The molecule has 0 aliphatic rings. The van der Waals surface area contributed by atoms with Crippen molar-refractivity contribution < 1.29 is 25.9 Å². The third-order valence-corrected chi connectivity index (χ3v) is 4.59. The summed E-state index contributed by atoms with van der Waals surface area (Å²) in [5.41, 5.74) is 0. The SMILES string of the molecule is CCCC=CC(C)C(CS(=O)(=O)O)S(=O)(=O)O. The standard InChI is InChI=1S/C9H18O6S2/c1-3-4-5-6-8(2)9(17(13,14)15)7-16(10,11)12/h5-6,8-9H,3-4,7H2,1-2H3,(H,10,11,12)(H,13,14,15). The van der Waals surface area contributed by atoms with E-state index in [0.29, 0.717) is 0 Å². The highest BCUT2D eigenvalue weighted by Gasteiger charge is 2.32.